The smallest absolute Gasteiger partial charge is 0.245 e. The van der Waals surface area contributed by atoms with Crippen LogP contribution in [0.2, 0.25) is 0 Å². The molecule has 6 nitrogen and oxygen atoms in total. The van der Waals surface area contributed by atoms with E-state index < -0.39 is 16.1 Å². The summed E-state index contributed by atoms with van der Waals surface area (Å²) in [5.41, 5.74) is 3.16. The number of sulfonamides is 1. The summed E-state index contributed by atoms with van der Waals surface area (Å²) in [6.07, 6.45) is 3.13. The lowest BCUT2D eigenvalue weighted by atomic mass is 9.96. The maximum Gasteiger partial charge on any atom is 0.245 e. The molecule has 0 N–H and O–H groups in total. The number of aromatic nitrogens is 2. The van der Waals surface area contributed by atoms with Crippen LogP contribution in [-0.2, 0) is 28.6 Å². The molecule has 0 aliphatic carbocycles. The summed E-state index contributed by atoms with van der Waals surface area (Å²) in [5.74, 6) is 1.03. The monoisotopic (exact) mass is 487 g/mol. The molecule has 0 amide bonds. The van der Waals surface area contributed by atoms with Crippen LogP contribution in [0.4, 0.5) is 0 Å². The first-order valence-corrected chi connectivity index (χ1v) is 13.6. The molecular formula is C28H29N3O3S. The molecule has 35 heavy (non-hydrogen) atoms. The first-order valence-electron chi connectivity index (χ1n) is 12.0. The Morgan fingerprint density at radius 3 is 2.14 bits per heavy atom. The molecule has 0 bridgehead atoms. The second-order valence-corrected chi connectivity index (χ2v) is 11.0. The third kappa shape index (κ3) is 5.69. The first kappa shape index (κ1) is 23.5. The van der Waals surface area contributed by atoms with Gasteiger partial charge in [-0.15, -0.1) is 0 Å². The highest BCUT2D eigenvalue weighted by molar-refractivity contribution is 7.88. The Balaban J connectivity index is 1.35. The Labute approximate surface area is 206 Å². The van der Waals surface area contributed by atoms with Gasteiger partial charge < -0.3 is 4.52 Å². The molecule has 0 unspecified atom stereocenters. The van der Waals surface area contributed by atoms with Gasteiger partial charge >= 0.3 is 0 Å². The predicted octanol–water partition coefficient (Wildman–Crippen LogP) is 5.31. The van der Waals surface area contributed by atoms with Gasteiger partial charge in [-0.1, -0.05) is 96.2 Å². The third-order valence-corrected chi connectivity index (χ3v) is 8.37. The van der Waals surface area contributed by atoms with Gasteiger partial charge in [0.25, 0.3) is 0 Å². The number of hydrogen-bond donors (Lipinski definition) is 0. The van der Waals surface area contributed by atoms with Crippen molar-refractivity contribution in [3.05, 3.63) is 119 Å². The summed E-state index contributed by atoms with van der Waals surface area (Å²) in [7, 11) is -3.59. The Bertz CT molecular complexity index is 1330. The van der Waals surface area contributed by atoms with Crippen molar-refractivity contribution in [2.24, 2.45) is 0 Å². The minimum atomic E-state index is -3.59. The van der Waals surface area contributed by atoms with E-state index in [1.165, 1.54) is 5.56 Å². The highest BCUT2D eigenvalue weighted by Gasteiger charge is 2.43. The molecule has 0 spiro atoms. The molecule has 180 valence electrons. The number of hydrogen-bond acceptors (Lipinski definition) is 5. The van der Waals surface area contributed by atoms with Gasteiger partial charge in [0.15, 0.2) is 5.82 Å². The fourth-order valence-electron chi connectivity index (χ4n) is 4.77. The Hall–Kier alpha value is -3.29. The molecule has 1 aromatic heterocycles. The van der Waals surface area contributed by atoms with Crippen molar-refractivity contribution in [2.75, 3.05) is 6.54 Å². The van der Waals surface area contributed by atoms with Crippen molar-refractivity contribution in [2.45, 2.75) is 43.4 Å². The summed E-state index contributed by atoms with van der Waals surface area (Å²) < 4.78 is 34.3. The molecule has 2 atom stereocenters. The minimum Gasteiger partial charge on any atom is -0.338 e. The van der Waals surface area contributed by atoms with E-state index in [4.69, 9.17) is 4.52 Å². The topological polar surface area (TPSA) is 76.3 Å². The highest BCUT2D eigenvalue weighted by Crippen LogP contribution is 2.42. The highest BCUT2D eigenvalue weighted by atomic mass is 32.2. The maximum absolute atomic E-state index is 13.5. The predicted molar refractivity (Wildman–Crippen MR) is 135 cm³/mol. The maximum atomic E-state index is 13.5. The molecule has 3 aromatic carbocycles. The zero-order valence-corrected chi connectivity index (χ0v) is 20.3. The molecule has 2 heterocycles. The number of rotatable bonds is 9. The molecule has 0 radical (unpaired) electrons. The molecule has 5 rings (SSSR count). The lowest BCUT2D eigenvalue weighted by Crippen LogP contribution is -2.32. The van der Waals surface area contributed by atoms with Crippen molar-refractivity contribution < 1.29 is 12.9 Å². The summed E-state index contributed by atoms with van der Waals surface area (Å²) in [5, 5.41) is 4.18. The van der Waals surface area contributed by atoms with Gasteiger partial charge in [0, 0.05) is 13.0 Å². The number of nitrogens with zero attached hydrogens (tertiary/aromatic N) is 3. The Kier molecular flexibility index (Phi) is 7.06. The van der Waals surface area contributed by atoms with Crippen LogP contribution >= 0.6 is 0 Å². The van der Waals surface area contributed by atoms with Crippen LogP contribution in [0.15, 0.2) is 95.5 Å². The lowest BCUT2D eigenvalue weighted by Gasteiger charge is -2.21. The molecule has 4 aromatic rings. The SMILES string of the molecule is O=S(=O)(Cc1ccccc1)N1C[C@@H](c2ccccc2)C[C@H]1c1nc(CCCc2ccccc2)no1. The number of benzene rings is 3. The average molecular weight is 488 g/mol. The number of aryl methyl sites for hydroxylation is 2. The molecule has 1 saturated heterocycles. The standard InChI is InChI=1S/C28H29N3O3S/c32-35(33,21-23-13-6-2-7-14-23)31-20-25(24-16-8-3-9-17-24)19-26(31)28-29-27(30-34-28)18-10-15-22-11-4-1-5-12-22/h1-9,11-14,16-17,25-26H,10,15,18-21H2/t25-,26-/m0/s1. The Morgan fingerprint density at radius 2 is 1.46 bits per heavy atom. The lowest BCUT2D eigenvalue weighted by molar-refractivity contribution is 0.289. The summed E-state index contributed by atoms with van der Waals surface area (Å²) in [4.78, 5) is 4.64. The second-order valence-electron chi connectivity index (χ2n) is 9.06. The fourth-order valence-corrected chi connectivity index (χ4v) is 6.52. The van der Waals surface area contributed by atoms with Crippen molar-refractivity contribution >= 4 is 10.0 Å². The van der Waals surface area contributed by atoms with E-state index in [-0.39, 0.29) is 11.7 Å². The van der Waals surface area contributed by atoms with Gasteiger partial charge in [-0.2, -0.15) is 9.29 Å². The van der Waals surface area contributed by atoms with Crippen molar-refractivity contribution in [1.82, 2.24) is 14.4 Å². The molecule has 1 aliphatic heterocycles. The van der Waals surface area contributed by atoms with Crippen molar-refractivity contribution in [1.29, 1.82) is 0 Å². The third-order valence-electron chi connectivity index (χ3n) is 6.55. The Morgan fingerprint density at radius 1 is 0.829 bits per heavy atom. The van der Waals surface area contributed by atoms with Gasteiger partial charge in [-0.3, -0.25) is 0 Å². The normalized spacial score (nSPS) is 18.6. The van der Waals surface area contributed by atoms with Crippen LogP contribution in [0.1, 0.15) is 53.2 Å². The summed E-state index contributed by atoms with van der Waals surface area (Å²) in [6, 6.07) is 29.2. The van der Waals surface area contributed by atoms with Gasteiger partial charge in [-0.05, 0) is 41.9 Å². The summed E-state index contributed by atoms with van der Waals surface area (Å²) in [6.45, 7) is 0.398. The van der Waals surface area contributed by atoms with Crippen molar-refractivity contribution in [3.63, 3.8) is 0 Å². The van der Waals surface area contributed by atoms with E-state index in [0.29, 0.717) is 31.1 Å². The van der Waals surface area contributed by atoms with Crippen molar-refractivity contribution in [3.8, 4) is 0 Å². The van der Waals surface area contributed by atoms with E-state index in [0.717, 1.165) is 24.0 Å². The van der Waals surface area contributed by atoms with E-state index in [2.05, 4.69) is 34.4 Å². The molecule has 7 heteroatoms. The summed E-state index contributed by atoms with van der Waals surface area (Å²) >= 11 is 0. The fraction of sp³-hybridized carbons (Fsp3) is 0.286. The van der Waals surface area contributed by atoms with E-state index in [1.54, 1.807) is 4.31 Å². The zero-order chi connectivity index (χ0) is 24.1. The van der Waals surface area contributed by atoms with Gasteiger partial charge in [0.1, 0.15) is 6.04 Å². The minimum absolute atomic E-state index is 0.0517. The molecule has 1 fully saturated rings. The zero-order valence-electron chi connectivity index (χ0n) is 19.5. The quantitative estimate of drug-likeness (QED) is 0.320. The largest absolute Gasteiger partial charge is 0.338 e. The van der Waals surface area contributed by atoms with E-state index in [1.807, 2.05) is 66.7 Å². The second kappa shape index (κ2) is 10.5. The molecule has 0 saturated carbocycles. The van der Waals surface area contributed by atoms with Gasteiger partial charge in [0.05, 0.1) is 5.75 Å². The van der Waals surface area contributed by atoms with Crippen LogP contribution in [0, 0.1) is 0 Å². The average Bonchev–Trinajstić information content (AvgIpc) is 3.54. The van der Waals surface area contributed by atoms with Gasteiger partial charge in [-0.25, -0.2) is 8.42 Å². The van der Waals surface area contributed by atoms with E-state index >= 15 is 0 Å². The van der Waals surface area contributed by atoms with Gasteiger partial charge in [0.2, 0.25) is 15.9 Å². The molecular weight excluding hydrogens is 458 g/mol. The van der Waals surface area contributed by atoms with Crippen LogP contribution in [0.5, 0.6) is 0 Å². The van der Waals surface area contributed by atoms with Crippen LogP contribution in [0.3, 0.4) is 0 Å². The van der Waals surface area contributed by atoms with Crippen LogP contribution in [0.25, 0.3) is 0 Å². The van der Waals surface area contributed by atoms with Crippen LogP contribution in [-0.4, -0.2) is 29.4 Å². The molecule has 1 aliphatic rings. The van der Waals surface area contributed by atoms with Crippen LogP contribution < -0.4 is 0 Å². The van der Waals surface area contributed by atoms with E-state index in [9.17, 15) is 8.42 Å². The first-order chi connectivity index (χ1) is 17.1.